The van der Waals surface area contributed by atoms with Crippen LogP contribution in [0.25, 0.3) is 11.3 Å². The summed E-state index contributed by atoms with van der Waals surface area (Å²) >= 11 is 0. The molecule has 0 bridgehead atoms. The normalized spacial score (nSPS) is 21.3. The molecule has 1 N–H and O–H groups in total. The number of piperidine rings is 1. The highest BCUT2D eigenvalue weighted by atomic mass is 19.1. The van der Waals surface area contributed by atoms with Crippen LogP contribution in [0.5, 0.6) is 5.75 Å². The Bertz CT molecular complexity index is 1270. The summed E-state index contributed by atoms with van der Waals surface area (Å²) in [4.78, 5) is 30.3. The van der Waals surface area contributed by atoms with E-state index >= 15 is 0 Å². The predicted octanol–water partition coefficient (Wildman–Crippen LogP) is 3.12. The molecule has 35 heavy (non-hydrogen) atoms. The molecule has 1 aromatic carbocycles. The maximum Gasteiger partial charge on any atom is 0.270 e. The first-order chi connectivity index (χ1) is 17.0. The Morgan fingerprint density at radius 1 is 1.20 bits per heavy atom. The third-order valence-electron chi connectivity index (χ3n) is 6.21. The molecule has 0 radical (unpaired) electrons. The zero-order valence-electron chi connectivity index (χ0n) is 18.9. The van der Waals surface area contributed by atoms with Crippen LogP contribution in [0.1, 0.15) is 31.2 Å². The fraction of sp³-hybridized carbons (Fsp3) is 0.360. The molecular weight excluding hydrogens is 451 g/mol. The number of nitrogens with zero attached hydrogens (tertiary/aromatic N) is 5. The summed E-state index contributed by atoms with van der Waals surface area (Å²) in [6.07, 6.45) is 3.42. The predicted molar refractivity (Wildman–Crippen MR) is 127 cm³/mol. The van der Waals surface area contributed by atoms with Crippen molar-refractivity contribution in [1.82, 2.24) is 9.88 Å². The molecule has 5 rings (SSSR count). The minimum absolute atomic E-state index is 0.00157. The lowest BCUT2D eigenvalue weighted by Gasteiger charge is -2.34. The van der Waals surface area contributed by atoms with Crippen LogP contribution in [0.2, 0.25) is 0 Å². The molecule has 2 fully saturated rings. The molecule has 3 heterocycles. The monoisotopic (exact) mass is 474 g/mol. The van der Waals surface area contributed by atoms with E-state index in [1.54, 1.807) is 42.7 Å². The van der Waals surface area contributed by atoms with Gasteiger partial charge in [-0.1, -0.05) is 0 Å². The van der Waals surface area contributed by atoms with Gasteiger partial charge in [0.15, 0.2) is 6.17 Å². The van der Waals surface area contributed by atoms with Gasteiger partial charge in [0.2, 0.25) is 5.91 Å². The van der Waals surface area contributed by atoms with E-state index in [4.69, 9.17) is 4.74 Å². The number of likely N-dealkylation sites (tertiary alicyclic amines) is 1. The van der Waals surface area contributed by atoms with Crippen LogP contribution in [-0.4, -0.2) is 59.0 Å². The molecule has 2 aliphatic heterocycles. The van der Waals surface area contributed by atoms with Crippen molar-refractivity contribution < 1.29 is 18.7 Å². The second-order valence-corrected chi connectivity index (χ2v) is 8.78. The number of carbonyl (C=O) groups excluding carboxylic acids is 2. The maximum absolute atomic E-state index is 14.9. The zero-order chi connectivity index (χ0) is 24.4. The second-order valence-electron chi connectivity index (χ2n) is 8.78. The number of hydrogen-bond donors (Lipinski definition) is 1. The number of alkyl halides is 1. The van der Waals surface area contributed by atoms with Gasteiger partial charge < -0.3 is 15.0 Å². The van der Waals surface area contributed by atoms with E-state index in [0.717, 1.165) is 12.8 Å². The van der Waals surface area contributed by atoms with Gasteiger partial charge in [0.25, 0.3) is 5.91 Å². The second kappa shape index (κ2) is 9.62. The maximum atomic E-state index is 14.9. The number of benzene rings is 1. The van der Waals surface area contributed by atoms with Crippen LogP contribution in [-0.2, 0) is 9.59 Å². The number of aromatic nitrogens is 1. The summed E-state index contributed by atoms with van der Waals surface area (Å²) in [6, 6.07) is 10.6. The number of pyridine rings is 1. The van der Waals surface area contributed by atoms with Crippen molar-refractivity contribution in [3.8, 4) is 23.1 Å². The van der Waals surface area contributed by atoms with Crippen molar-refractivity contribution in [3.63, 3.8) is 0 Å². The summed E-state index contributed by atoms with van der Waals surface area (Å²) in [6.45, 7) is 0.220. The number of nitriles is 1. The van der Waals surface area contributed by atoms with E-state index in [9.17, 15) is 19.2 Å². The molecule has 0 unspecified atom stereocenters. The zero-order valence-corrected chi connectivity index (χ0v) is 18.9. The smallest absolute Gasteiger partial charge is 0.270 e. The molecule has 1 saturated heterocycles. The van der Waals surface area contributed by atoms with Crippen LogP contribution in [0.4, 0.5) is 10.1 Å². The van der Waals surface area contributed by atoms with Crippen LogP contribution in [0.15, 0.2) is 46.7 Å². The lowest BCUT2D eigenvalue weighted by Crippen LogP contribution is -2.50. The lowest BCUT2D eigenvalue weighted by atomic mass is 10.0. The van der Waals surface area contributed by atoms with Gasteiger partial charge >= 0.3 is 0 Å². The molecule has 9 nitrogen and oxygen atoms in total. The third kappa shape index (κ3) is 5.04. The number of rotatable bonds is 6. The molecule has 1 aromatic heterocycles. The summed E-state index contributed by atoms with van der Waals surface area (Å²) in [5.74, 6) is 0.0499. The average Bonchev–Trinajstić information content (AvgIpc) is 3.59. The standard InChI is InChI=1S/C25H23FN6O3/c26-19-14-32(25(34)20-6-9-29-31-20)10-7-23(19)35-22-4-3-16(11-17(22)13-27)21-12-18(5-8-28-21)30-24(33)15-1-2-15/h3-5,8-9,11-12,15,19,23H,1-2,6-7,10,14H2,(H,28,30,33)/t19-,23+/m1/s1. The molecule has 1 aliphatic carbocycles. The number of nitrogens with one attached hydrogen (secondary N) is 1. The SMILES string of the molecule is N#Cc1cc(-c2cc(NC(=O)C3CC3)ccn2)ccc1O[C@H]1CCN(C(=O)C2=NN=CC2)C[C@H]1F. The number of halogens is 1. The van der Waals surface area contributed by atoms with E-state index < -0.39 is 12.3 Å². The number of ether oxygens (including phenoxy) is 1. The highest BCUT2D eigenvalue weighted by Crippen LogP contribution is 2.32. The fourth-order valence-electron chi connectivity index (χ4n) is 4.09. The molecule has 2 atom stereocenters. The molecule has 3 aliphatic rings. The minimum Gasteiger partial charge on any atom is -0.486 e. The van der Waals surface area contributed by atoms with Crippen LogP contribution < -0.4 is 10.1 Å². The summed E-state index contributed by atoms with van der Waals surface area (Å²) < 4.78 is 20.8. The Morgan fingerprint density at radius 3 is 2.77 bits per heavy atom. The highest BCUT2D eigenvalue weighted by Gasteiger charge is 2.35. The summed E-state index contributed by atoms with van der Waals surface area (Å²) in [7, 11) is 0. The lowest BCUT2D eigenvalue weighted by molar-refractivity contribution is -0.128. The van der Waals surface area contributed by atoms with E-state index in [1.165, 1.54) is 4.90 Å². The Kier molecular flexibility index (Phi) is 6.23. The first-order valence-corrected chi connectivity index (χ1v) is 11.5. The summed E-state index contributed by atoms with van der Waals surface area (Å²) in [5, 5.41) is 20.0. The largest absolute Gasteiger partial charge is 0.486 e. The fourth-order valence-corrected chi connectivity index (χ4v) is 4.09. The van der Waals surface area contributed by atoms with Crippen LogP contribution in [0.3, 0.4) is 0 Å². The van der Waals surface area contributed by atoms with Crippen LogP contribution in [0, 0.1) is 17.2 Å². The van der Waals surface area contributed by atoms with Gasteiger partial charge in [0.05, 0.1) is 17.8 Å². The van der Waals surface area contributed by atoms with Crippen molar-refractivity contribution >= 4 is 29.4 Å². The first-order valence-electron chi connectivity index (χ1n) is 11.5. The molecule has 2 amide bonds. The van der Waals surface area contributed by atoms with Gasteiger partial charge in [-0.2, -0.15) is 10.4 Å². The topological polar surface area (TPSA) is 120 Å². The molecule has 1 saturated carbocycles. The van der Waals surface area contributed by atoms with E-state index in [2.05, 4.69) is 26.6 Å². The quantitative estimate of drug-likeness (QED) is 0.690. The Labute approximate surface area is 201 Å². The van der Waals surface area contributed by atoms with Gasteiger partial charge in [-0.3, -0.25) is 14.6 Å². The van der Waals surface area contributed by atoms with Crippen molar-refractivity contribution in [2.24, 2.45) is 16.1 Å². The first kappa shape index (κ1) is 22.7. The molecule has 178 valence electrons. The molecular formula is C25H23FN6O3. The number of amides is 2. The van der Waals surface area contributed by atoms with E-state index in [0.29, 0.717) is 35.6 Å². The van der Waals surface area contributed by atoms with Gasteiger partial charge in [0, 0.05) is 49.0 Å². The van der Waals surface area contributed by atoms with Crippen molar-refractivity contribution in [1.29, 1.82) is 5.26 Å². The van der Waals surface area contributed by atoms with Crippen molar-refractivity contribution in [3.05, 3.63) is 42.1 Å². The average molecular weight is 474 g/mol. The minimum atomic E-state index is -1.41. The molecule has 0 spiro atoms. The van der Waals surface area contributed by atoms with Gasteiger partial charge in [0.1, 0.15) is 23.6 Å². The Hall–Kier alpha value is -4.13. The van der Waals surface area contributed by atoms with Gasteiger partial charge in [-0.15, -0.1) is 5.10 Å². The Balaban J connectivity index is 1.26. The highest BCUT2D eigenvalue weighted by molar-refractivity contribution is 6.41. The van der Waals surface area contributed by atoms with Gasteiger partial charge in [-0.25, -0.2) is 4.39 Å². The molecule has 10 heteroatoms. The van der Waals surface area contributed by atoms with Crippen LogP contribution >= 0.6 is 0 Å². The van der Waals surface area contributed by atoms with E-state index in [-0.39, 0.29) is 42.0 Å². The number of carbonyl (C=O) groups is 2. The van der Waals surface area contributed by atoms with E-state index in [1.807, 2.05) is 0 Å². The number of hydrogen-bond acceptors (Lipinski definition) is 7. The number of anilines is 1. The Morgan fingerprint density at radius 2 is 2.06 bits per heavy atom. The summed E-state index contributed by atoms with van der Waals surface area (Å²) in [5.41, 5.74) is 2.47. The van der Waals surface area contributed by atoms with Crippen molar-refractivity contribution in [2.75, 3.05) is 18.4 Å². The third-order valence-corrected chi connectivity index (χ3v) is 6.21. The van der Waals surface area contributed by atoms with Gasteiger partial charge in [-0.05, 0) is 43.2 Å². The molecule has 2 aromatic rings. The van der Waals surface area contributed by atoms with Crippen molar-refractivity contribution in [2.45, 2.75) is 38.0 Å².